The highest BCUT2D eigenvalue weighted by molar-refractivity contribution is 6.30. The SMILES string of the molecule is COC(=O)c1ccc2nc(CN3CCn4c(nc5c([C@H](C)c6ccc(Cl)cc6F)cccc54)C3)n(C[C@@H]3CCO3)c2c1. The summed E-state index contributed by atoms with van der Waals surface area (Å²) in [6.45, 7) is 6.39. The normalized spacial score (nSPS) is 17.8. The zero-order valence-corrected chi connectivity index (χ0v) is 24.3. The Hall–Kier alpha value is -3.79. The Bertz CT molecular complexity index is 1830. The van der Waals surface area contributed by atoms with Crippen LogP contribution in [0.15, 0.2) is 54.6 Å². The standard InChI is InChI=1S/C32H31ClFN5O3/c1-19(23-8-7-21(33)15-25(23)34)24-4-3-5-27-31(24)36-30-18-37(11-12-38(27)30)17-29-35-26-9-6-20(32(40)41-2)14-28(26)39(29)16-22-10-13-42-22/h3-9,14-15,19,22H,10-13,16-18H2,1-2H3/t19-,22+/m1/s1. The monoisotopic (exact) mass is 587 g/mol. The molecule has 42 heavy (non-hydrogen) atoms. The van der Waals surface area contributed by atoms with Crippen molar-refractivity contribution in [1.82, 2.24) is 24.0 Å². The first kappa shape index (κ1) is 27.1. The number of rotatable bonds is 7. The summed E-state index contributed by atoms with van der Waals surface area (Å²) in [7, 11) is 1.39. The molecular formula is C32H31ClFN5O3. The minimum atomic E-state index is -0.367. The highest BCUT2D eigenvalue weighted by atomic mass is 35.5. The number of ether oxygens (including phenoxy) is 2. The van der Waals surface area contributed by atoms with Crippen molar-refractivity contribution in [3.05, 3.63) is 93.8 Å². The average molecular weight is 588 g/mol. The molecule has 1 saturated heterocycles. The van der Waals surface area contributed by atoms with Gasteiger partial charge in [0.25, 0.3) is 0 Å². The van der Waals surface area contributed by atoms with Gasteiger partial charge in [0.1, 0.15) is 17.5 Å². The van der Waals surface area contributed by atoms with Gasteiger partial charge in [-0.05, 0) is 53.9 Å². The fourth-order valence-corrected chi connectivity index (χ4v) is 6.34. The molecule has 0 aliphatic carbocycles. The van der Waals surface area contributed by atoms with Crippen LogP contribution in [0, 0.1) is 5.82 Å². The molecule has 2 aliphatic rings. The number of nitrogens with zero attached hydrogens (tertiary/aromatic N) is 5. The van der Waals surface area contributed by atoms with Gasteiger partial charge < -0.3 is 18.6 Å². The number of esters is 1. The molecular weight excluding hydrogens is 557 g/mol. The molecule has 216 valence electrons. The first-order valence-electron chi connectivity index (χ1n) is 14.2. The van der Waals surface area contributed by atoms with E-state index in [1.165, 1.54) is 13.2 Å². The molecule has 7 rings (SSSR count). The summed E-state index contributed by atoms with van der Waals surface area (Å²) >= 11 is 6.01. The fourth-order valence-electron chi connectivity index (χ4n) is 6.19. The lowest BCUT2D eigenvalue weighted by atomic mass is 9.92. The van der Waals surface area contributed by atoms with E-state index in [2.05, 4.69) is 20.1 Å². The van der Waals surface area contributed by atoms with Crippen LogP contribution in [0.1, 0.15) is 52.4 Å². The lowest BCUT2D eigenvalue weighted by Crippen LogP contribution is -2.35. The second-order valence-electron chi connectivity index (χ2n) is 11.1. The summed E-state index contributed by atoms with van der Waals surface area (Å²) in [5.74, 6) is 1.05. The van der Waals surface area contributed by atoms with Gasteiger partial charge in [-0.15, -0.1) is 0 Å². The Labute approximate surface area is 247 Å². The average Bonchev–Trinajstić information content (AvgIpc) is 3.50. The molecule has 0 radical (unpaired) electrons. The molecule has 0 N–H and O–H groups in total. The summed E-state index contributed by atoms with van der Waals surface area (Å²) < 4.78 is 30.0. The molecule has 10 heteroatoms. The second kappa shape index (κ2) is 10.8. The Balaban J connectivity index is 1.19. The number of imidazole rings is 2. The molecule has 5 aromatic rings. The molecule has 0 bridgehead atoms. The van der Waals surface area contributed by atoms with Crippen LogP contribution in [0.4, 0.5) is 4.39 Å². The molecule has 2 aromatic heterocycles. The van der Waals surface area contributed by atoms with Crippen molar-refractivity contribution in [1.29, 1.82) is 0 Å². The largest absolute Gasteiger partial charge is 0.465 e. The lowest BCUT2D eigenvalue weighted by molar-refractivity contribution is -0.0592. The van der Waals surface area contributed by atoms with Gasteiger partial charge in [0.15, 0.2) is 0 Å². The van der Waals surface area contributed by atoms with Gasteiger partial charge in [-0.3, -0.25) is 4.90 Å². The number of methoxy groups -OCH3 is 1. The molecule has 1 fully saturated rings. The van der Waals surface area contributed by atoms with Crippen LogP contribution < -0.4 is 0 Å². The van der Waals surface area contributed by atoms with Gasteiger partial charge in [-0.2, -0.15) is 0 Å². The summed E-state index contributed by atoms with van der Waals surface area (Å²) in [5, 5.41) is 0.386. The van der Waals surface area contributed by atoms with Crippen LogP contribution >= 0.6 is 11.6 Å². The topological polar surface area (TPSA) is 74.4 Å². The van der Waals surface area contributed by atoms with Gasteiger partial charge >= 0.3 is 5.97 Å². The number of para-hydroxylation sites is 1. The van der Waals surface area contributed by atoms with E-state index >= 15 is 0 Å². The van der Waals surface area contributed by atoms with E-state index in [9.17, 15) is 9.18 Å². The Morgan fingerprint density at radius 2 is 1.98 bits per heavy atom. The van der Waals surface area contributed by atoms with E-state index in [1.807, 2.05) is 31.2 Å². The molecule has 0 spiro atoms. The molecule has 4 heterocycles. The minimum absolute atomic E-state index is 0.138. The van der Waals surface area contributed by atoms with Crippen molar-refractivity contribution in [3.8, 4) is 0 Å². The van der Waals surface area contributed by atoms with Crippen molar-refractivity contribution >= 4 is 39.6 Å². The lowest BCUT2D eigenvalue weighted by Gasteiger charge is -2.30. The molecule has 0 saturated carbocycles. The van der Waals surface area contributed by atoms with Gasteiger partial charge in [0.05, 0.1) is 60.5 Å². The number of fused-ring (bicyclic) bond motifs is 4. The Morgan fingerprint density at radius 1 is 1.12 bits per heavy atom. The highest BCUT2D eigenvalue weighted by Gasteiger charge is 2.27. The van der Waals surface area contributed by atoms with Gasteiger partial charge in [0, 0.05) is 30.6 Å². The molecule has 0 unspecified atom stereocenters. The van der Waals surface area contributed by atoms with Crippen molar-refractivity contribution in [2.45, 2.75) is 51.5 Å². The van der Waals surface area contributed by atoms with E-state index < -0.39 is 0 Å². The summed E-state index contributed by atoms with van der Waals surface area (Å²) in [6.07, 6.45) is 1.14. The van der Waals surface area contributed by atoms with Crippen molar-refractivity contribution in [3.63, 3.8) is 0 Å². The summed E-state index contributed by atoms with van der Waals surface area (Å²) in [4.78, 5) is 24.6. The third kappa shape index (κ3) is 4.75. The number of aromatic nitrogens is 4. The molecule has 0 amide bonds. The molecule has 8 nitrogen and oxygen atoms in total. The number of hydrogen-bond donors (Lipinski definition) is 0. The minimum Gasteiger partial charge on any atom is -0.465 e. The fraction of sp³-hybridized carbons (Fsp3) is 0.344. The molecule has 2 aliphatic heterocycles. The van der Waals surface area contributed by atoms with Crippen LogP contribution in [0.25, 0.3) is 22.1 Å². The predicted molar refractivity (Wildman–Crippen MR) is 158 cm³/mol. The van der Waals surface area contributed by atoms with E-state index in [0.29, 0.717) is 35.8 Å². The van der Waals surface area contributed by atoms with Gasteiger partial charge in [0.2, 0.25) is 0 Å². The van der Waals surface area contributed by atoms with E-state index in [1.54, 1.807) is 18.2 Å². The van der Waals surface area contributed by atoms with Crippen molar-refractivity contribution in [2.75, 3.05) is 20.3 Å². The smallest absolute Gasteiger partial charge is 0.337 e. The van der Waals surface area contributed by atoms with E-state index in [-0.39, 0.29) is 23.8 Å². The van der Waals surface area contributed by atoms with Crippen molar-refractivity contribution < 1.29 is 18.7 Å². The summed E-state index contributed by atoms with van der Waals surface area (Å²) in [5.41, 5.74) is 5.81. The number of carbonyl (C=O) groups is 1. The Kier molecular flexibility index (Phi) is 6.96. The van der Waals surface area contributed by atoms with Crippen LogP contribution in [-0.2, 0) is 35.7 Å². The maximum absolute atomic E-state index is 14.8. The third-order valence-corrected chi connectivity index (χ3v) is 8.82. The van der Waals surface area contributed by atoms with E-state index in [4.69, 9.17) is 31.0 Å². The van der Waals surface area contributed by atoms with Crippen LogP contribution in [-0.4, -0.2) is 56.3 Å². The zero-order valence-electron chi connectivity index (χ0n) is 23.5. The van der Waals surface area contributed by atoms with Crippen LogP contribution in [0.5, 0.6) is 0 Å². The Morgan fingerprint density at radius 3 is 2.74 bits per heavy atom. The number of halogens is 2. The first-order chi connectivity index (χ1) is 20.4. The van der Waals surface area contributed by atoms with Crippen LogP contribution in [0.3, 0.4) is 0 Å². The maximum atomic E-state index is 14.8. The van der Waals surface area contributed by atoms with Gasteiger partial charge in [-0.1, -0.05) is 36.7 Å². The number of carbonyl (C=O) groups excluding carboxylic acids is 1. The zero-order chi connectivity index (χ0) is 29.0. The second-order valence-corrected chi connectivity index (χ2v) is 11.5. The number of hydrogen-bond acceptors (Lipinski definition) is 6. The quantitative estimate of drug-likeness (QED) is 0.220. The highest BCUT2D eigenvalue weighted by Crippen LogP contribution is 2.34. The molecule has 3 aromatic carbocycles. The van der Waals surface area contributed by atoms with Crippen LogP contribution in [0.2, 0.25) is 5.02 Å². The van der Waals surface area contributed by atoms with E-state index in [0.717, 1.165) is 65.4 Å². The van der Waals surface area contributed by atoms with Gasteiger partial charge in [-0.25, -0.2) is 19.2 Å². The predicted octanol–water partition coefficient (Wildman–Crippen LogP) is 5.92. The molecule has 2 atom stereocenters. The number of benzene rings is 3. The summed E-state index contributed by atoms with van der Waals surface area (Å²) in [6, 6.07) is 16.5. The first-order valence-corrected chi connectivity index (χ1v) is 14.6. The third-order valence-electron chi connectivity index (χ3n) is 8.58. The van der Waals surface area contributed by atoms with Crippen molar-refractivity contribution in [2.24, 2.45) is 0 Å². The maximum Gasteiger partial charge on any atom is 0.337 e.